The minimum atomic E-state index is 0.181. The average Bonchev–Trinajstić information content (AvgIpc) is 2.79. The Hall–Kier alpha value is -1.12. The van der Waals surface area contributed by atoms with Gasteiger partial charge in [0.2, 0.25) is 0 Å². The van der Waals surface area contributed by atoms with Crippen molar-refractivity contribution in [2.24, 2.45) is 5.73 Å². The van der Waals surface area contributed by atoms with Crippen molar-refractivity contribution < 1.29 is 0 Å². The smallest absolute Gasteiger partial charge is 0.0392 e. The van der Waals surface area contributed by atoms with Crippen molar-refractivity contribution in [3.05, 3.63) is 57.8 Å². The highest BCUT2D eigenvalue weighted by atomic mass is 32.1. The van der Waals surface area contributed by atoms with Gasteiger partial charge in [0, 0.05) is 10.9 Å². The van der Waals surface area contributed by atoms with Crippen LogP contribution in [0.1, 0.15) is 28.5 Å². The van der Waals surface area contributed by atoms with Crippen LogP contribution in [0.2, 0.25) is 0 Å². The quantitative estimate of drug-likeness (QED) is 0.853. The fourth-order valence-electron chi connectivity index (χ4n) is 1.83. The van der Waals surface area contributed by atoms with Crippen molar-refractivity contribution in [1.29, 1.82) is 0 Å². The number of aryl methyl sites for hydroxylation is 2. The van der Waals surface area contributed by atoms with E-state index in [1.807, 2.05) is 0 Å². The second-order valence-corrected chi connectivity index (χ2v) is 5.13. The molecule has 0 fully saturated rings. The summed E-state index contributed by atoms with van der Waals surface area (Å²) in [6.45, 7) is 2.13. The Bertz CT molecular complexity index is 434. The molecule has 1 nitrogen and oxygen atoms in total. The van der Waals surface area contributed by atoms with Crippen LogP contribution in [0.25, 0.3) is 0 Å². The van der Waals surface area contributed by atoms with Crippen molar-refractivity contribution in [3.63, 3.8) is 0 Å². The van der Waals surface area contributed by atoms with E-state index < -0.39 is 0 Å². The summed E-state index contributed by atoms with van der Waals surface area (Å²) in [6.07, 6.45) is 2.07. The lowest BCUT2D eigenvalue weighted by Gasteiger charge is -2.09. The fourth-order valence-corrected chi connectivity index (χ4v) is 2.60. The van der Waals surface area contributed by atoms with Gasteiger partial charge >= 0.3 is 0 Å². The zero-order chi connectivity index (χ0) is 11.4. The molecule has 1 heterocycles. The first-order chi connectivity index (χ1) is 7.75. The molecular weight excluding hydrogens is 214 g/mol. The third-order valence-electron chi connectivity index (χ3n) is 2.74. The molecule has 1 aromatic heterocycles. The molecule has 0 bridgehead atoms. The van der Waals surface area contributed by atoms with Crippen LogP contribution >= 0.6 is 11.3 Å². The van der Waals surface area contributed by atoms with Crippen LogP contribution in [0, 0.1) is 6.92 Å². The minimum Gasteiger partial charge on any atom is -0.323 e. The predicted molar refractivity (Wildman–Crippen MR) is 70.7 cm³/mol. The second-order valence-electron chi connectivity index (χ2n) is 4.15. The molecule has 2 heteroatoms. The largest absolute Gasteiger partial charge is 0.323 e. The number of benzene rings is 1. The molecular formula is C14H17NS. The molecule has 0 spiro atoms. The Balaban J connectivity index is 1.92. The summed E-state index contributed by atoms with van der Waals surface area (Å²) in [5.74, 6) is 0. The van der Waals surface area contributed by atoms with Gasteiger partial charge in [0.15, 0.2) is 0 Å². The second kappa shape index (κ2) is 5.28. The molecule has 1 atom stereocenters. The molecule has 0 radical (unpaired) electrons. The Morgan fingerprint density at radius 2 is 2.12 bits per heavy atom. The SMILES string of the molecule is Cc1cccc(CCC(N)c2cccs2)c1. The summed E-state index contributed by atoms with van der Waals surface area (Å²) in [5.41, 5.74) is 8.84. The maximum absolute atomic E-state index is 6.14. The molecule has 1 unspecified atom stereocenters. The molecule has 1 aromatic carbocycles. The van der Waals surface area contributed by atoms with E-state index in [2.05, 4.69) is 48.7 Å². The highest BCUT2D eigenvalue weighted by Crippen LogP contribution is 2.21. The summed E-state index contributed by atoms with van der Waals surface area (Å²) in [5, 5.41) is 2.09. The molecule has 16 heavy (non-hydrogen) atoms. The summed E-state index contributed by atoms with van der Waals surface area (Å²) in [7, 11) is 0. The van der Waals surface area contributed by atoms with Crippen LogP contribution in [-0.4, -0.2) is 0 Å². The minimum absolute atomic E-state index is 0.181. The van der Waals surface area contributed by atoms with Crippen molar-refractivity contribution >= 4 is 11.3 Å². The average molecular weight is 231 g/mol. The molecule has 2 N–H and O–H groups in total. The normalized spacial score (nSPS) is 12.6. The highest BCUT2D eigenvalue weighted by molar-refractivity contribution is 7.10. The lowest BCUT2D eigenvalue weighted by Crippen LogP contribution is -2.09. The highest BCUT2D eigenvalue weighted by Gasteiger charge is 2.06. The van der Waals surface area contributed by atoms with Gasteiger partial charge in [-0.15, -0.1) is 11.3 Å². The van der Waals surface area contributed by atoms with E-state index in [-0.39, 0.29) is 6.04 Å². The van der Waals surface area contributed by atoms with Crippen molar-refractivity contribution in [3.8, 4) is 0 Å². The molecule has 0 aliphatic heterocycles. The van der Waals surface area contributed by atoms with Crippen LogP contribution in [0.4, 0.5) is 0 Å². The molecule has 2 rings (SSSR count). The van der Waals surface area contributed by atoms with Crippen LogP contribution in [-0.2, 0) is 6.42 Å². The first-order valence-electron chi connectivity index (χ1n) is 5.60. The van der Waals surface area contributed by atoms with E-state index in [1.165, 1.54) is 16.0 Å². The molecule has 0 amide bonds. The maximum Gasteiger partial charge on any atom is 0.0392 e. The van der Waals surface area contributed by atoms with E-state index in [1.54, 1.807) is 11.3 Å². The van der Waals surface area contributed by atoms with Crippen LogP contribution < -0.4 is 5.73 Å². The summed E-state index contributed by atoms with van der Waals surface area (Å²) < 4.78 is 0. The number of thiophene rings is 1. The summed E-state index contributed by atoms with van der Waals surface area (Å²) in [4.78, 5) is 1.28. The van der Waals surface area contributed by atoms with Gasteiger partial charge in [-0.1, -0.05) is 35.9 Å². The van der Waals surface area contributed by atoms with E-state index in [0.717, 1.165) is 12.8 Å². The Labute approximate surface area is 101 Å². The van der Waals surface area contributed by atoms with Gasteiger partial charge in [-0.25, -0.2) is 0 Å². The van der Waals surface area contributed by atoms with Crippen molar-refractivity contribution in [2.45, 2.75) is 25.8 Å². The summed E-state index contributed by atoms with van der Waals surface area (Å²) >= 11 is 1.74. The molecule has 0 aliphatic carbocycles. The van der Waals surface area contributed by atoms with Crippen LogP contribution in [0.3, 0.4) is 0 Å². The molecule has 84 valence electrons. The standard InChI is InChI=1S/C14H17NS/c1-11-4-2-5-12(10-11)7-8-13(15)14-6-3-9-16-14/h2-6,9-10,13H,7-8,15H2,1H3. The first-order valence-corrected chi connectivity index (χ1v) is 6.48. The van der Waals surface area contributed by atoms with Crippen molar-refractivity contribution in [1.82, 2.24) is 0 Å². The lowest BCUT2D eigenvalue weighted by atomic mass is 10.0. The third kappa shape index (κ3) is 2.94. The monoisotopic (exact) mass is 231 g/mol. The molecule has 0 saturated heterocycles. The van der Waals surface area contributed by atoms with Gasteiger partial charge in [0.1, 0.15) is 0 Å². The molecule has 0 aliphatic rings. The summed E-state index contributed by atoms with van der Waals surface area (Å²) in [6, 6.07) is 13.0. The van der Waals surface area contributed by atoms with Gasteiger partial charge in [-0.2, -0.15) is 0 Å². The Morgan fingerprint density at radius 1 is 1.25 bits per heavy atom. The maximum atomic E-state index is 6.14. The van der Waals surface area contributed by atoms with Crippen LogP contribution in [0.5, 0.6) is 0 Å². The number of hydrogen-bond donors (Lipinski definition) is 1. The van der Waals surface area contributed by atoms with Gasteiger partial charge in [-0.3, -0.25) is 0 Å². The lowest BCUT2D eigenvalue weighted by molar-refractivity contribution is 0.662. The third-order valence-corrected chi connectivity index (χ3v) is 3.74. The van der Waals surface area contributed by atoms with E-state index in [4.69, 9.17) is 5.73 Å². The zero-order valence-corrected chi connectivity index (χ0v) is 10.3. The topological polar surface area (TPSA) is 26.0 Å². The van der Waals surface area contributed by atoms with Gasteiger partial charge in [0.25, 0.3) is 0 Å². The van der Waals surface area contributed by atoms with Gasteiger partial charge < -0.3 is 5.73 Å². The van der Waals surface area contributed by atoms with E-state index in [9.17, 15) is 0 Å². The predicted octanol–water partition coefficient (Wildman–Crippen LogP) is 3.69. The van der Waals surface area contributed by atoms with Crippen LogP contribution in [0.15, 0.2) is 41.8 Å². The number of rotatable bonds is 4. The van der Waals surface area contributed by atoms with Gasteiger partial charge in [-0.05, 0) is 36.8 Å². The zero-order valence-electron chi connectivity index (χ0n) is 9.52. The Morgan fingerprint density at radius 3 is 2.81 bits per heavy atom. The number of nitrogens with two attached hydrogens (primary N) is 1. The van der Waals surface area contributed by atoms with Gasteiger partial charge in [0.05, 0.1) is 0 Å². The van der Waals surface area contributed by atoms with Crippen molar-refractivity contribution in [2.75, 3.05) is 0 Å². The molecule has 0 saturated carbocycles. The Kier molecular flexibility index (Phi) is 3.75. The molecule has 2 aromatic rings. The number of hydrogen-bond acceptors (Lipinski definition) is 2. The van der Waals surface area contributed by atoms with E-state index >= 15 is 0 Å². The first kappa shape index (κ1) is 11.4. The fraction of sp³-hybridized carbons (Fsp3) is 0.286. The van der Waals surface area contributed by atoms with E-state index in [0.29, 0.717) is 0 Å².